The molecule has 0 aliphatic heterocycles. The van der Waals surface area contributed by atoms with Crippen molar-refractivity contribution in [2.24, 2.45) is 5.92 Å². The molecule has 9 rings (SSSR count). The third-order valence-corrected chi connectivity index (χ3v) is 13.3. The molecule has 1 heterocycles. The van der Waals surface area contributed by atoms with Gasteiger partial charge in [0.1, 0.15) is 0 Å². The summed E-state index contributed by atoms with van der Waals surface area (Å²) in [4.78, 5) is 0. The Kier molecular flexibility index (Phi) is 9.07. The Morgan fingerprint density at radius 1 is 0.696 bits per heavy atom. The molecule has 1 aromatic heterocycles. The number of benzene rings is 5. The van der Waals surface area contributed by atoms with Gasteiger partial charge in [-0.15, -0.1) is 11.3 Å². The van der Waals surface area contributed by atoms with Crippen LogP contribution in [-0.2, 0) is 5.41 Å². The van der Waals surface area contributed by atoms with E-state index >= 15 is 0 Å². The van der Waals surface area contributed by atoms with E-state index in [0.29, 0.717) is 0 Å². The molecule has 0 fully saturated rings. The fourth-order valence-electron chi connectivity index (χ4n) is 9.16. The topological polar surface area (TPSA) is 0 Å². The molecule has 0 saturated heterocycles. The molecule has 7 aromatic rings. The van der Waals surface area contributed by atoms with Crippen LogP contribution in [0.1, 0.15) is 56.4 Å². The monoisotopic (exact) mass is 738 g/mol. The molecule has 0 spiro atoms. The van der Waals surface area contributed by atoms with Crippen LogP contribution in [0.25, 0.3) is 71.1 Å². The van der Waals surface area contributed by atoms with Crippen LogP contribution in [0.2, 0.25) is 0 Å². The molecule has 272 valence electrons. The van der Waals surface area contributed by atoms with Gasteiger partial charge in [0.2, 0.25) is 0 Å². The highest BCUT2D eigenvalue weighted by atomic mass is 32.1. The predicted octanol–water partition coefficient (Wildman–Crippen LogP) is 14.1. The number of allylic oxidation sites excluding steroid dienone is 9. The fraction of sp³-hybridized carbons (Fsp3) is 0.127. The van der Waals surface area contributed by atoms with E-state index in [-0.39, 0.29) is 11.3 Å². The van der Waals surface area contributed by atoms with Gasteiger partial charge in [0, 0.05) is 36.9 Å². The summed E-state index contributed by atoms with van der Waals surface area (Å²) in [5.41, 5.74) is 11.5. The number of fused-ring (bicyclic) bond motifs is 10. The summed E-state index contributed by atoms with van der Waals surface area (Å²) < 4.78 is 2.74. The van der Waals surface area contributed by atoms with E-state index in [9.17, 15) is 0 Å². The maximum absolute atomic E-state index is 4.57. The lowest BCUT2D eigenvalue weighted by molar-refractivity contribution is 0.646. The molecular weight excluding hydrogens is 693 g/mol. The average Bonchev–Trinajstić information content (AvgIpc) is 3.71. The van der Waals surface area contributed by atoms with Crippen LogP contribution in [0.5, 0.6) is 0 Å². The van der Waals surface area contributed by atoms with Gasteiger partial charge >= 0.3 is 0 Å². The highest BCUT2D eigenvalue weighted by Crippen LogP contribution is 2.55. The summed E-state index contributed by atoms with van der Waals surface area (Å²) >= 11 is 1.92. The third-order valence-electron chi connectivity index (χ3n) is 12.1. The molecule has 0 bridgehead atoms. The fourth-order valence-corrected chi connectivity index (χ4v) is 10.4. The normalized spacial score (nSPS) is 16.8. The van der Waals surface area contributed by atoms with Crippen molar-refractivity contribution in [3.63, 3.8) is 0 Å². The summed E-state index contributed by atoms with van der Waals surface area (Å²) in [6, 6.07) is 48.2. The van der Waals surface area contributed by atoms with Crippen LogP contribution in [0.15, 0.2) is 175 Å². The molecule has 0 N–H and O–H groups in total. The van der Waals surface area contributed by atoms with Crippen molar-refractivity contribution in [3.05, 3.63) is 208 Å². The second kappa shape index (κ2) is 14.2. The maximum atomic E-state index is 4.57. The van der Waals surface area contributed by atoms with E-state index in [1.807, 2.05) is 23.5 Å². The van der Waals surface area contributed by atoms with Crippen molar-refractivity contribution in [2.45, 2.75) is 39.5 Å². The third kappa shape index (κ3) is 5.99. The van der Waals surface area contributed by atoms with Crippen molar-refractivity contribution >= 4 is 82.4 Å². The molecule has 0 amide bonds. The Morgan fingerprint density at radius 2 is 1.32 bits per heavy atom. The number of hydrogen-bond acceptors (Lipinski definition) is 1. The Labute approximate surface area is 334 Å². The van der Waals surface area contributed by atoms with E-state index in [4.69, 9.17) is 0 Å². The largest absolute Gasteiger partial charge is 0.135 e. The van der Waals surface area contributed by atoms with Crippen LogP contribution in [0.3, 0.4) is 0 Å². The Hall–Kier alpha value is -6.02. The van der Waals surface area contributed by atoms with Gasteiger partial charge in [-0.25, -0.2) is 0 Å². The van der Waals surface area contributed by atoms with Crippen LogP contribution in [0.4, 0.5) is 0 Å². The first-order chi connectivity index (χ1) is 27.2. The lowest BCUT2D eigenvalue weighted by Crippen LogP contribution is -2.21. The number of thiophene rings is 1. The zero-order chi connectivity index (χ0) is 38.6. The first-order valence-electron chi connectivity index (χ1n) is 19.7. The first-order valence-corrected chi connectivity index (χ1v) is 20.5. The molecule has 0 radical (unpaired) electrons. The van der Waals surface area contributed by atoms with Crippen LogP contribution < -0.4 is 10.4 Å². The Bertz CT molecular complexity index is 3080. The molecule has 0 nitrogen and oxygen atoms in total. The van der Waals surface area contributed by atoms with Gasteiger partial charge in [-0.05, 0) is 109 Å². The summed E-state index contributed by atoms with van der Waals surface area (Å²) in [5.74, 6) is 0.264. The summed E-state index contributed by atoms with van der Waals surface area (Å²) in [7, 11) is 0. The molecule has 2 aliphatic rings. The molecule has 1 heteroatoms. The molecule has 0 saturated carbocycles. The van der Waals surface area contributed by atoms with Gasteiger partial charge in [0.05, 0.1) is 0 Å². The maximum Gasteiger partial charge on any atom is 0.0434 e. The second-order valence-corrected chi connectivity index (χ2v) is 16.8. The van der Waals surface area contributed by atoms with E-state index in [1.54, 1.807) is 0 Å². The highest BCUT2D eigenvalue weighted by molar-refractivity contribution is 7.26. The van der Waals surface area contributed by atoms with Crippen molar-refractivity contribution in [1.82, 2.24) is 0 Å². The predicted molar refractivity (Wildman–Crippen MR) is 248 cm³/mol. The Balaban J connectivity index is 1.16. The van der Waals surface area contributed by atoms with E-state index in [2.05, 4.69) is 193 Å². The van der Waals surface area contributed by atoms with Crippen molar-refractivity contribution in [3.8, 4) is 0 Å². The van der Waals surface area contributed by atoms with E-state index in [1.165, 1.54) is 75.3 Å². The quantitative estimate of drug-likeness (QED) is 0.154. The molecule has 1 unspecified atom stereocenters. The Morgan fingerprint density at radius 3 is 2.09 bits per heavy atom. The van der Waals surface area contributed by atoms with Gasteiger partial charge in [-0.3, -0.25) is 0 Å². The molecule has 2 aliphatic carbocycles. The van der Waals surface area contributed by atoms with Gasteiger partial charge in [-0.2, -0.15) is 0 Å². The molecular formula is C55H46S. The first kappa shape index (κ1) is 35.7. The van der Waals surface area contributed by atoms with E-state index < -0.39 is 0 Å². The second-order valence-electron chi connectivity index (χ2n) is 15.7. The summed E-state index contributed by atoms with van der Waals surface area (Å²) in [6.07, 6.45) is 13.0. The minimum atomic E-state index is -0.0505. The highest BCUT2D eigenvalue weighted by Gasteiger charge is 2.41. The van der Waals surface area contributed by atoms with Crippen molar-refractivity contribution in [2.75, 3.05) is 0 Å². The SMILES string of the molecule is C=C(/C=c1/ccccc1=C)c1ccccccc(/C(C)=C/C(=C\C)C2C=C3C(=CC2)C(C)(C)c2ccc4c(ccc5c6ccccc6sc45)c23)c2ccccc12. The van der Waals surface area contributed by atoms with Gasteiger partial charge in [0.25, 0.3) is 0 Å². The average molecular weight is 739 g/mol. The van der Waals surface area contributed by atoms with Crippen LogP contribution in [-0.4, -0.2) is 0 Å². The standard InChI is InChI=1S/C55H46S/c1-7-38(32-36(3)41-20-10-8-9-11-21-42(44-23-15-14-22-43(41)44)37(4)33-39-19-13-12-18-35(39)2)40-26-30-50-49(34-40)53-46-27-28-47-45-24-16-17-25-52(45)56-54(47)48(46)29-31-51(53)55(50,5)6/h7-25,27-34,40H,2,4,26H2,1,3,5-6H3/b9-8?,10-8?,11-9?,20-10?,21-11?,36-32+,38-7+,39-33-,41-20?,42-21?,43-41?,44-42?. The molecule has 56 heavy (non-hydrogen) atoms. The smallest absolute Gasteiger partial charge is 0.0434 e. The van der Waals surface area contributed by atoms with E-state index in [0.717, 1.165) is 33.4 Å². The van der Waals surface area contributed by atoms with Crippen LogP contribution in [0, 0.1) is 5.92 Å². The summed E-state index contributed by atoms with van der Waals surface area (Å²) in [5, 5.41) is 9.85. The van der Waals surface area contributed by atoms with Gasteiger partial charge in [-0.1, -0.05) is 179 Å². The van der Waals surface area contributed by atoms with Crippen LogP contribution >= 0.6 is 11.3 Å². The lowest BCUT2D eigenvalue weighted by atomic mass is 9.77. The van der Waals surface area contributed by atoms with Crippen molar-refractivity contribution < 1.29 is 0 Å². The zero-order valence-corrected chi connectivity index (χ0v) is 33.5. The lowest BCUT2D eigenvalue weighted by Gasteiger charge is -2.26. The minimum absolute atomic E-state index is 0.0505. The minimum Gasteiger partial charge on any atom is -0.135 e. The van der Waals surface area contributed by atoms with Gasteiger partial charge < -0.3 is 0 Å². The number of hydrogen-bond donors (Lipinski definition) is 0. The van der Waals surface area contributed by atoms with Gasteiger partial charge in [0.15, 0.2) is 0 Å². The molecule has 6 aromatic carbocycles. The zero-order valence-electron chi connectivity index (χ0n) is 32.7. The molecule has 1 atom stereocenters. The number of rotatable bonds is 5. The summed E-state index contributed by atoms with van der Waals surface area (Å²) in [6.45, 7) is 18.1. The van der Waals surface area contributed by atoms with Crippen molar-refractivity contribution in [1.29, 1.82) is 0 Å².